The lowest BCUT2D eigenvalue weighted by Gasteiger charge is -2.14. The second-order valence-electron chi connectivity index (χ2n) is 4.73. The van der Waals surface area contributed by atoms with Gasteiger partial charge in [0.1, 0.15) is 0 Å². The van der Waals surface area contributed by atoms with E-state index in [1.54, 1.807) is 5.56 Å². The summed E-state index contributed by atoms with van der Waals surface area (Å²) in [4.78, 5) is 0. The standard InChI is InChI=1S/C13H17N/c1-14-13(8-9-13)12-6-4-11(5-7-12)10-2-3-10/h4-7,10,14H,2-3,8-9H2,1H3. The third kappa shape index (κ3) is 1.27. The van der Waals surface area contributed by atoms with Crippen LogP contribution in [0.1, 0.15) is 42.7 Å². The van der Waals surface area contributed by atoms with E-state index in [9.17, 15) is 0 Å². The lowest BCUT2D eigenvalue weighted by atomic mass is 10.0. The minimum atomic E-state index is 0.335. The summed E-state index contributed by atoms with van der Waals surface area (Å²) in [5.41, 5.74) is 3.35. The number of nitrogens with one attached hydrogen (secondary N) is 1. The molecule has 2 fully saturated rings. The highest BCUT2D eigenvalue weighted by Crippen LogP contribution is 2.46. The van der Waals surface area contributed by atoms with Crippen molar-refractivity contribution in [2.24, 2.45) is 0 Å². The smallest absolute Gasteiger partial charge is 0.0433 e. The van der Waals surface area contributed by atoms with Crippen LogP contribution in [0.5, 0.6) is 0 Å². The highest BCUT2D eigenvalue weighted by molar-refractivity contribution is 5.35. The SMILES string of the molecule is CNC1(c2ccc(C3CC3)cc2)CC1. The number of hydrogen-bond acceptors (Lipinski definition) is 1. The number of rotatable bonds is 3. The summed E-state index contributed by atoms with van der Waals surface area (Å²) in [6, 6.07) is 9.28. The Hall–Kier alpha value is -0.820. The van der Waals surface area contributed by atoms with Crippen LogP contribution in [-0.2, 0) is 5.54 Å². The molecule has 1 aromatic carbocycles. The fourth-order valence-electron chi connectivity index (χ4n) is 2.30. The summed E-state index contributed by atoms with van der Waals surface area (Å²) in [5.74, 6) is 0.883. The van der Waals surface area contributed by atoms with Crippen LogP contribution < -0.4 is 5.32 Å². The van der Waals surface area contributed by atoms with Gasteiger partial charge in [0, 0.05) is 5.54 Å². The molecule has 1 N–H and O–H groups in total. The Labute approximate surface area is 85.5 Å². The fourth-order valence-corrected chi connectivity index (χ4v) is 2.30. The highest BCUT2D eigenvalue weighted by atomic mass is 15.0. The van der Waals surface area contributed by atoms with Crippen LogP contribution >= 0.6 is 0 Å². The molecule has 0 atom stereocenters. The van der Waals surface area contributed by atoms with Crippen LogP contribution in [0.2, 0.25) is 0 Å². The molecule has 3 rings (SSSR count). The van der Waals surface area contributed by atoms with Gasteiger partial charge in [0.05, 0.1) is 0 Å². The molecule has 0 saturated heterocycles. The van der Waals surface area contributed by atoms with Gasteiger partial charge in [-0.05, 0) is 49.8 Å². The van der Waals surface area contributed by atoms with Crippen molar-refractivity contribution in [3.05, 3.63) is 35.4 Å². The van der Waals surface area contributed by atoms with Gasteiger partial charge in [0.15, 0.2) is 0 Å². The van der Waals surface area contributed by atoms with Crippen molar-refractivity contribution < 1.29 is 0 Å². The fraction of sp³-hybridized carbons (Fsp3) is 0.538. The summed E-state index contributed by atoms with van der Waals surface area (Å²) in [7, 11) is 2.07. The average Bonchev–Trinajstić information content (AvgIpc) is 3.12. The van der Waals surface area contributed by atoms with Crippen molar-refractivity contribution in [2.75, 3.05) is 7.05 Å². The summed E-state index contributed by atoms with van der Waals surface area (Å²) in [5, 5.41) is 3.43. The summed E-state index contributed by atoms with van der Waals surface area (Å²) < 4.78 is 0. The molecule has 2 saturated carbocycles. The zero-order valence-corrected chi connectivity index (χ0v) is 8.72. The van der Waals surface area contributed by atoms with Gasteiger partial charge in [-0.1, -0.05) is 24.3 Å². The molecule has 2 aliphatic rings. The van der Waals surface area contributed by atoms with Crippen molar-refractivity contribution in [2.45, 2.75) is 37.1 Å². The van der Waals surface area contributed by atoms with E-state index < -0.39 is 0 Å². The van der Waals surface area contributed by atoms with Crippen molar-refractivity contribution in [1.29, 1.82) is 0 Å². The molecular formula is C13H17N. The van der Waals surface area contributed by atoms with Gasteiger partial charge in [-0.25, -0.2) is 0 Å². The Bertz CT molecular complexity index is 331. The lowest BCUT2D eigenvalue weighted by Crippen LogP contribution is -2.24. The molecular weight excluding hydrogens is 170 g/mol. The molecule has 0 radical (unpaired) electrons. The van der Waals surface area contributed by atoms with E-state index in [0.717, 1.165) is 5.92 Å². The molecule has 0 spiro atoms. The molecule has 1 nitrogen and oxygen atoms in total. The third-order valence-corrected chi connectivity index (χ3v) is 3.74. The molecule has 0 aromatic heterocycles. The van der Waals surface area contributed by atoms with Gasteiger partial charge in [-0.3, -0.25) is 0 Å². The zero-order valence-electron chi connectivity index (χ0n) is 8.72. The van der Waals surface area contributed by atoms with Crippen LogP contribution in [0.25, 0.3) is 0 Å². The van der Waals surface area contributed by atoms with E-state index in [2.05, 4.69) is 36.6 Å². The maximum absolute atomic E-state index is 3.43. The summed E-state index contributed by atoms with van der Waals surface area (Å²) in [6.07, 6.45) is 5.39. The summed E-state index contributed by atoms with van der Waals surface area (Å²) in [6.45, 7) is 0. The first-order valence-corrected chi connectivity index (χ1v) is 5.63. The maximum Gasteiger partial charge on any atom is 0.0433 e. The Morgan fingerprint density at radius 3 is 2.21 bits per heavy atom. The maximum atomic E-state index is 3.43. The van der Waals surface area contributed by atoms with Crippen molar-refractivity contribution >= 4 is 0 Å². The Morgan fingerprint density at radius 2 is 1.79 bits per heavy atom. The second-order valence-corrected chi connectivity index (χ2v) is 4.73. The molecule has 2 aliphatic carbocycles. The van der Waals surface area contributed by atoms with Crippen LogP contribution in [0.15, 0.2) is 24.3 Å². The highest BCUT2D eigenvalue weighted by Gasteiger charge is 2.42. The Morgan fingerprint density at radius 1 is 1.14 bits per heavy atom. The molecule has 1 heteroatoms. The van der Waals surface area contributed by atoms with Gasteiger partial charge in [-0.15, -0.1) is 0 Å². The molecule has 0 amide bonds. The molecule has 74 valence electrons. The van der Waals surface area contributed by atoms with Gasteiger partial charge < -0.3 is 5.32 Å². The van der Waals surface area contributed by atoms with E-state index in [-0.39, 0.29) is 0 Å². The van der Waals surface area contributed by atoms with Crippen LogP contribution in [0.3, 0.4) is 0 Å². The predicted molar refractivity (Wildman–Crippen MR) is 58.4 cm³/mol. The monoisotopic (exact) mass is 187 g/mol. The third-order valence-electron chi connectivity index (χ3n) is 3.74. The molecule has 0 heterocycles. The van der Waals surface area contributed by atoms with Crippen molar-refractivity contribution in [3.63, 3.8) is 0 Å². The first kappa shape index (κ1) is 8.49. The minimum Gasteiger partial charge on any atom is -0.310 e. The van der Waals surface area contributed by atoms with Crippen molar-refractivity contribution in [3.8, 4) is 0 Å². The second kappa shape index (κ2) is 2.83. The van der Waals surface area contributed by atoms with Gasteiger partial charge in [-0.2, -0.15) is 0 Å². The minimum absolute atomic E-state index is 0.335. The molecule has 0 unspecified atom stereocenters. The van der Waals surface area contributed by atoms with E-state index >= 15 is 0 Å². The van der Waals surface area contributed by atoms with Gasteiger partial charge in [0.25, 0.3) is 0 Å². The Balaban J connectivity index is 1.86. The first-order chi connectivity index (χ1) is 6.84. The van der Waals surface area contributed by atoms with Crippen molar-refractivity contribution in [1.82, 2.24) is 5.32 Å². The number of benzene rings is 1. The zero-order chi connectivity index (χ0) is 9.60. The van der Waals surface area contributed by atoms with Gasteiger partial charge >= 0.3 is 0 Å². The molecule has 1 aromatic rings. The van der Waals surface area contributed by atoms with E-state index in [1.807, 2.05) is 0 Å². The van der Waals surface area contributed by atoms with Crippen LogP contribution in [0.4, 0.5) is 0 Å². The largest absolute Gasteiger partial charge is 0.310 e. The topological polar surface area (TPSA) is 12.0 Å². The lowest BCUT2D eigenvalue weighted by molar-refractivity contribution is 0.585. The predicted octanol–water partition coefficient (Wildman–Crippen LogP) is 2.77. The van der Waals surface area contributed by atoms with Gasteiger partial charge in [0.2, 0.25) is 0 Å². The van der Waals surface area contributed by atoms with E-state index in [0.29, 0.717) is 5.54 Å². The van der Waals surface area contributed by atoms with E-state index in [1.165, 1.54) is 31.2 Å². The van der Waals surface area contributed by atoms with Crippen LogP contribution in [-0.4, -0.2) is 7.05 Å². The molecule has 0 bridgehead atoms. The quantitative estimate of drug-likeness (QED) is 0.767. The summed E-state index contributed by atoms with van der Waals surface area (Å²) >= 11 is 0. The molecule has 14 heavy (non-hydrogen) atoms. The number of hydrogen-bond donors (Lipinski definition) is 1. The average molecular weight is 187 g/mol. The Kier molecular flexibility index (Phi) is 1.72. The van der Waals surface area contributed by atoms with Crippen LogP contribution in [0, 0.1) is 0 Å². The molecule has 0 aliphatic heterocycles. The first-order valence-electron chi connectivity index (χ1n) is 5.63. The normalized spacial score (nSPS) is 23.5. The van der Waals surface area contributed by atoms with E-state index in [4.69, 9.17) is 0 Å².